The highest BCUT2D eigenvalue weighted by Crippen LogP contribution is 2.32. The fourth-order valence-electron chi connectivity index (χ4n) is 4.93. The van der Waals surface area contributed by atoms with Crippen molar-refractivity contribution in [3.05, 3.63) is 48.0 Å². The fourth-order valence-corrected chi connectivity index (χ4v) is 4.93. The molecule has 2 aliphatic rings. The minimum atomic E-state index is -0.101. The molecule has 0 spiro atoms. The summed E-state index contributed by atoms with van der Waals surface area (Å²) in [5.74, 6) is 1.36. The number of carbonyl (C=O) groups excluding carboxylic acids is 1. The number of fused-ring (bicyclic) bond motifs is 1. The SMILES string of the molecule is CC(C(=O)N1c2ccccc2CC1C)N1CCCN(Cc2nccn2C(C)C)CC1. The van der Waals surface area contributed by atoms with Gasteiger partial charge in [0.2, 0.25) is 5.91 Å². The van der Waals surface area contributed by atoms with Crippen LogP contribution >= 0.6 is 0 Å². The molecule has 1 aromatic carbocycles. The Kier molecular flexibility index (Phi) is 6.25. The molecule has 0 radical (unpaired) electrons. The van der Waals surface area contributed by atoms with Gasteiger partial charge in [-0.25, -0.2) is 4.98 Å². The van der Waals surface area contributed by atoms with Gasteiger partial charge in [-0.05, 0) is 58.7 Å². The van der Waals surface area contributed by atoms with Crippen LogP contribution in [0.4, 0.5) is 5.69 Å². The zero-order valence-electron chi connectivity index (χ0n) is 18.8. The van der Waals surface area contributed by atoms with Crippen molar-refractivity contribution >= 4 is 11.6 Å². The molecule has 6 nitrogen and oxygen atoms in total. The standard InChI is InChI=1S/C24H35N5O/c1-18(2)28-13-10-25-23(28)17-26-11-7-12-27(15-14-26)20(4)24(30)29-19(3)16-21-8-5-6-9-22(21)29/h5-6,8-10,13,18-20H,7,11-12,14-17H2,1-4H3. The zero-order chi connectivity index (χ0) is 21.3. The molecule has 3 heterocycles. The Hall–Kier alpha value is -2.18. The molecule has 2 aliphatic heterocycles. The van der Waals surface area contributed by atoms with E-state index >= 15 is 0 Å². The molecule has 0 aliphatic carbocycles. The lowest BCUT2D eigenvalue weighted by molar-refractivity contribution is -0.123. The third-order valence-corrected chi connectivity index (χ3v) is 6.64. The van der Waals surface area contributed by atoms with Crippen molar-refractivity contribution in [3.8, 4) is 0 Å². The third kappa shape index (κ3) is 4.16. The molecule has 0 N–H and O–H groups in total. The third-order valence-electron chi connectivity index (χ3n) is 6.64. The summed E-state index contributed by atoms with van der Waals surface area (Å²) in [5.41, 5.74) is 2.38. The van der Waals surface area contributed by atoms with Crippen molar-refractivity contribution in [3.63, 3.8) is 0 Å². The van der Waals surface area contributed by atoms with Crippen LogP contribution in [0.2, 0.25) is 0 Å². The van der Waals surface area contributed by atoms with Crippen LogP contribution in [0, 0.1) is 0 Å². The molecule has 162 valence electrons. The molecule has 2 unspecified atom stereocenters. The molecule has 1 fully saturated rings. The number of amides is 1. The molecule has 30 heavy (non-hydrogen) atoms. The van der Waals surface area contributed by atoms with Gasteiger partial charge < -0.3 is 9.47 Å². The highest BCUT2D eigenvalue weighted by Gasteiger charge is 2.35. The topological polar surface area (TPSA) is 44.6 Å². The maximum Gasteiger partial charge on any atom is 0.244 e. The maximum atomic E-state index is 13.4. The molecule has 1 saturated heterocycles. The number of imidazole rings is 1. The number of carbonyl (C=O) groups is 1. The van der Waals surface area contributed by atoms with Crippen LogP contribution in [0.1, 0.15) is 51.5 Å². The predicted octanol–water partition coefficient (Wildman–Crippen LogP) is 3.34. The van der Waals surface area contributed by atoms with Gasteiger partial charge in [0.05, 0.1) is 12.6 Å². The molecule has 0 bridgehead atoms. The molecule has 1 aromatic heterocycles. The summed E-state index contributed by atoms with van der Waals surface area (Å²) in [6.45, 7) is 13.4. The molecule has 2 atom stereocenters. The number of rotatable bonds is 5. The summed E-state index contributed by atoms with van der Waals surface area (Å²) in [7, 11) is 0. The summed E-state index contributed by atoms with van der Waals surface area (Å²) in [5, 5.41) is 0. The van der Waals surface area contributed by atoms with Gasteiger partial charge in [0.1, 0.15) is 5.82 Å². The van der Waals surface area contributed by atoms with Gasteiger partial charge >= 0.3 is 0 Å². The largest absolute Gasteiger partial charge is 0.331 e. The molecular weight excluding hydrogens is 374 g/mol. The fraction of sp³-hybridized carbons (Fsp3) is 0.583. The number of benzene rings is 1. The summed E-state index contributed by atoms with van der Waals surface area (Å²) >= 11 is 0. The maximum absolute atomic E-state index is 13.4. The number of anilines is 1. The molecular formula is C24H35N5O. The van der Waals surface area contributed by atoms with E-state index in [9.17, 15) is 4.79 Å². The van der Waals surface area contributed by atoms with Crippen molar-refractivity contribution in [1.29, 1.82) is 0 Å². The second-order valence-electron chi connectivity index (χ2n) is 9.08. The first-order chi connectivity index (χ1) is 14.5. The normalized spacial score (nSPS) is 21.6. The average molecular weight is 410 g/mol. The first-order valence-electron chi connectivity index (χ1n) is 11.3. The Balaban J connectivity index is 1.39. The zero-order valence-corrected chi connectivity index (χ0v) is 18.8. The lowest BCUT2D eigenvalue weighted by Gasteiger charge is -2.32. The van der Waals surface area contributed by atoms with E-state index in [0.717, 1.165) is 57.1 Å². The summed E-state index contributed by atoms with van der Waals surface area (Å²) in [6.07, 6.45) is 5.99. The lowest BCUT2D eigenvalue weighted by atomic mass is 10.1. The highest BCUT2D eigenvalue weighted by molar-refractivity contribution is 5.99. The van der Waals surface area contributed by atoms with E-state index in [1.807, 2.05) is 17.2 Å². The molecule has 6 heteroatoms. The number of hydrogen-bond acceptors (Lipinski definition) is 4. The van der Waals surface area contributed by atoms with Crippen molar-refractivity contribution in [2.45, 2.75) is 65.2 Å². The van der Waals surface area contributed by atoms with E-state index in [0.29, 0.717) is 6.04 Å². The van der Waals surface area contributed by atoms with Crippen LogP contribution in [0.15, 0.2) is 36.7 Å². The quantitative estimate of drug-likeness (QED) is 0.760. The van der Waals surface area contributed by atoms with E-state index in [-0.39, 0.29) is 18.0 Å². The monoisotopic (exact) mass is 409 g/mol. The van der Waals surface area contributed by atoms with Gasteiger partial charge in [-0.2, -0.15) is 0 Å². The number of para-hydroxylation sites is 1. The van der Waals surface area contributed by atoms with Crippen LogP contribution in [-0.2, 0) is 17.8 Å². The molecule has 0 saturated carbocycles. The predicted molar refractivity (Wildman–Crippen MR) is 121 cm³/mol. The molecule has 2 aromatic rings. The number of nitrogens with zero attached hydrogens (tertiary/aromatic N) is 5. The van der Waals surface area contributed by atoms with E-state index in [1.54, 1.807) is 0 Å². The van der Waals surface area contributed by atoms with E-state index in [4.69, 9.17) is 0 Å². The van der Waals surface area contributed by atoms with Gasteiger partial charge in [-0.3, -0.25) is 14.6 Å². The Morgan fingerprint density at radius 2 is 1.93 bits per heavy atom. The van der Waals surface area contributed by atoms with Crippen LogP contribution in [-0.4, -0.2) is 63.5 Å². The lowest BCUT2D eigenvalue weighted by Crippen LogP contribution is -2.50. The highest BCUT2D eigenvalue weighted by atomic mass is 16.2. The van der Waals surface area contributed by atoms with Crippen LogP contribution in [0.5, 0.6) is 0 Å². The van der Waals surface area contributed by atoms with Gasteiger partial charge in [-0.1, -0.05) is 18.2 Å². The van der Waals surface area contributed by atoms with E-state index < -0.39 is 0 Å². The minimum Gasteiger partial charge on any atom is -0.331 e. The van der Waals surface area contributed by atoms with Gasteiger partial charge in [0.15, 0.2) is 0 Å². The molecule has 1 amide bonds. The van der Waals surface area contributed by atoms with Gasteiger partial charge in [-0.15, -0.1) is 0 Å². The van der Waals surface area contributed by atoms with Crippen LogP contribution in [0.25, 0.3) is 0 Å². The number of hydrogen-bond donors (Lipinski definition) is 0. The second-order valence-corrected chi connectivity index (χ2v) is 9.08. The first kappa shape index (κ1) is 21.1. The van der Waals surface area contributed by atoms with E-state index in [1.165, 1.54) is 5.56 Å². The van der Waals surface area contributed by atoms with Crippen molar-refractivity contribution in [2.24, 2.45) is 0 Å². The Morgan fingerprint density at radius 3 is 2.73 bits per heavy atom. The summed E-state index contributed by atoms with van der Waals surface area (Å²) < 4.78 is 2.25. The Labute approximate surface area is 180 Å². The Morgan fingerprint density at radius 1 is 1.13 bits per heavy atom. The molecule has 4 rings (SSSR count). The van der Waals surface area contributed by atoms with Crippen molar-refractivity contribution < 1.29 is 4.79 Å². The Bertz CT molecular complexity index is 876. The summed E-state index contributed by atoms with van der Waals surface area (Å²) in [6, 6.07) is 8.89. The average Bonchev–Trinajstić information content (AvgIpc) is 3.24. The number of aromatic nitrogens is 2. The van der Waals surface area contributed by atoms with Crippen LogP contribution in [0.3, 0.4) is 0 Å². The smallest absolute Gasteiger partial charge is 0.244 e. The van der Waals surface area contributed by atoms with Crippen molar-refractivity contribution in [2.75, 3.05) is 31.1 Å². The van der Waals surface area contributed by atoms with Gasteiger partial charge in [0, 0.05) is 49.8 Å². The second kappa shape index (κ2) is 8.90. The summed E-state index contributed by atoms with van der Waals surface area (Å²) in [4.78, 5) is 24.9. The van der Waals surface area contributed by atoms with Gasteiger partial charge in [0.25, 0.3) is 0 Å². The van der Waals surface area contributed by atoms with E-state index in [2.05, 4.69) is 71.4 Å². The minimum absolute atomic E-state index is 0.101. The van der Waals surface area contributed by atoms with Crippen molar-refractivity contribution in [1.82, 2.24) is 19.4 Å². The van der Waals surface area contributed by atoms with Crippen LogP contribution < -0.4 is 4.90 Å². The first-order valence-corrected chi connectivity index (χ1v) is 11.3.